The summed E-state index contributed by atoms with van der Waals surface area (Å²) in [5.74, 6) is -0.286. The summed E-state index contributed by atoms with van der Waals surface area (Å²) in [5.41, 5.74) is 1.38. The second kappa shape index (κ2) is 10.6. The molecule has 1 aliphatic heterocycles. The van der Waals surface area contributed by atoms with Crippen LogP contribution in [-0.4, -0.2) is 64.7 Å². The van der Waals surface area contributed by atoms with Crippen molar-refractivity contribution in [1.82, 2.24) is 10.2 Å². The molecular weight excluding hydrogens is 469 g/mol. The van der Waals surface area contributed by atoms with Crippen molar-refractivity contribution in [2.75, 3.05) is 55.1 Å². The van der Waals surface area contributed by atoms with Crippen molar-refractivity contribution in [3.8, 4) is 0 Å². The smallest absolute Gasteiger partial charge is 0.369 e. The van der Waals surface area contributed by atoms with E-state index in [2.05, 4.69) is 14.9 Å². The number of anilines is 2. The number of carbonyl (C=O) groups excluding carboxylic acids is 1. The molecule has 7 nitrogen and oxygen atoms in total. The van der Waals surface area contributed by atoms with E-state index in [4.69, 9.17) is 0 Å². The SMILES string of the molecule is Cc1ccc(C(=O)NCCCN2CCN(c3cccc(C(F)(F)F)c3)CC2)cc1NS(C)(=O)=O. The highest BCUT2D eigenvalue weighted by molar-refractivity contribution is 7.92. The molecule has 1 amide bonds. The van der Waals surface area contributed by atoms with Gasteiger partial charge < -0.3 is 10.2 Å². The zero-order valence-corrected chi connectivity index (χ0v) is 20.0. The largest absolute Gasteiger partial charge is 0.416 e. The first-order chi connectivity index (χ1) is 15.9. The van der Waals surface area contributed by atoms with Crippen LogP contribution in [0.3, 0.4) is 0 Å². The Bertz CT molecular complexity index is 1110. The van der Waals surface area contributed by atoms with Crippen molar-refractivity contribution in [3.63, 3.8) is 0 Å². The molecule has 2 aromatic carbocycles. The lowest BCUT2D eigenvalue weighted by Crippen LogP contribution is -2.47. The van der Waals surface area contributed by atoms with E-state index < -0.39 is 21.8 Å². The summed E-state index contributed by atoms with van der Waals surface area (Å²) in [6.45, 7) is 5.68. The predicted octanol–water partition coefficient (Wildman–Crippen LogP) is 3.33. The van der Waals surface area contributed by atoms with Crippen molar-refractivity contribution in [1.29, 1.82) is 0 Å². The first-order valence-electron chi connectivity index (χ1n) is 10.9. The van der Waals surface area contributed by atoms with Crippen LogP contribution in [0.25, 0.3) is 0 Å². The number of hydrogen-bond acceptors (Lipinski definition) is 5. The van der Waals surface area contributed by atoms with Gasteiger partial charge in [-0.15, -0.1) is 0 Å². The van der Waals surface area contributed by atoms with Gasteiger partial charge in [0.05, 0.1) is 17.5 Å². The maximum absolute atomic E-state index is 13.0. The Hall–Kier alpha value is -2.79. The van der Waals surface area contributed by atoms with Gasteiger partial charge >= 0.3 is 6.18 Å². The number of alkyl halides is 3. The molecule has 2 aromatic rings. The number of nitrogens with zero attached hydrogens (tertiary/aromatic N) is 2. The van der Waals surface area contributed by atoms with Crippen LogP contribution in [0.5, 0.6) is 0 Å². The summed E-state index contributed by atoms with van der Waals surface area (Å²) in [5, 5.41) is 2.84. The Morgan fingerprint density at radius 1 is 1.06 bits per heavy atom. The van der Waals surface area contributed by atoms with Crippen LogP contribution in [0.4, 0.5) is 24.5 Å². The standard InChI is InChI=1S/C23H29F3N4O3S/c1-17-7-8-18(15-21(17)28-34(2,32)33)22(31)27-9-4-10-29-11-13-30(14-12-29)20-6-3-5-19(16-20)23(24,25)26/h3,5-8,15-16,28H,4,9-14H2,1-2H3,(H,27,31). The van der Waals surface area contributed by atoms with Crippen molar-refractivity contribution < 1.29 is 26.4 Å². The zero-order valence-electron chi connectivity index (χ0n) is 19.2. The molecule has 3 rings (SSSR count). The highest BCUT2D eigenvalue weighted by atomic mass is 32.2. The lowest BCUT2D eigenvalue weighted by Gasteiger charge is -2.36. The van der Waals surface area contributed by atoms with Crippen molar-refractivity contribution >= 4 is 27.3 Å². The second-order valence-electron chi connectivity index (χ2n) is 8.39. The number of benzene rings is 2. The highest BCUT2D eigenvalue weighted by Crippen LogP contribution is 2.31. The van der Waals surface area contributed by atoms with Crippen molar-refractivity contribution in [2.45, 2.75) is 19.5 Å². The van der Waals surface area contributed by atoms with Crippen LogP contribution in [-0.2, 0) is 16.2 Å². The van der Waals surface area contributed by atoms with Gasteiger partial charge in [-0.1, -0.05) is 12.1 Å². The molecule has 186 valence electrons. The number of hydrogen-bond donors (Lipinski definition) is 2. The third-order valence-electron chi connectivity index (χ3n) is 5.64. The minimum atomic E-state index is -4.35. The number of nitrogens with one attached hydrogen (secondary N) is 2. The molecule has 0 bridgehead atoms. The minimum absolute atomic E-state index is 0.286. The van der Waals surface area contributed by atoms with E-state index in [1.54, 1.807) is 25.1 Å². The van der Waals surface area contributed by atoms with Gasteiger partial charge in [0.15, 0.2) is 0 Å². The fraction of sp³-hybridized carbons (Fsp3) is 0.435. The maximum atomic E-state index is 13.0. The molecule has 2 N–H and O–H groups in total. The third kappa shape index (κ3) is 7.36. The van der Waals surface area contributed by atoms with E-state index >= 15 is 0 Å². The zero-order chi connectivity index (χ0) is 24.9. The second-order valence-corrected chi connectivity index (χ2v) is 10.1. The molecule has 1 saturated heterocycles. The number of aryl methyl sites for hydroxylation is 1. The molecule has 1 fully saturated rings. The van der Waals surface area contributed by atoms with Gasteiger partial charge in [-0.25, -0.2) is 8.42 Å². The molecule has 0 radical (unpaired) electrons. The van der Waals surface area contributed by atoms with Crippen LogP contribution in [0.15, 0.2) is 42.5 Å². The Kier molecular flexibility index (Phi) is 8.09. The van der Waals surface area contributed by atoms with Crippen LogP contribution >= 0.6 is 0 Å². The van der Waals surface area contributed by atoms with Gasteiger partial charge in [0.1, 0.15) is 0 Å². The van der Waals surface area contributed by atoms with E-state index in [-0.39, 0.29) is 5.91 Å². The van der Waals surface area contributed by atoms with Crippen LogP contribution < -0.4 is 14.9 Å². The third-order valence-corrected chi connectivity index (χ3v) is 6.23. The quantitative estimate of drug-likeness (QED) is 0.546. The summed E-state index contributed by atoms with van der Waals surface area (Å²) in [6, 6.07) is 10.2. The topological polar surface area (TPSA) is 81.8 Å². The lowest BCUT2D eigenvalue weighted by atomic mass is 10.1. The first kappa shape index (κ1) is 25.8. The molecule has 0 spiro atoms. The average Bonchev–Trinajstić information content (AvgIpc) is 2.77. The number of carbonyl (C=O) groups is 1. The van der Waals surface area contributed by atoms with E-state index in [0.717, 1.165) is 38.4 Å². The van der Waals surface area contributed by atoms with Gasteiger partial charge in [0, 0.05) is 44.0 Å². The summed E-state index contributed by atoms with van der Waals surface area (Å²) < 4.78 is 64.2. The monoisotopic (exact) mass is 498 g/mol. The molecule has 1 heterocycles. The fourth-order valence-corrected chi connectivity index (χ4v) is 4.41. The molecular formula is C23H29F3N4O3S. The van der Waals surface area contributed by atoms with E-state index in [1.165, 1.54) is 18.2 Å². The predicted molar refractivity (Wildman–Crippen MR) is 127 cm³/mol. The molecule has 0 saturated carbocycles. The molecule has 1 aliphatic rings. The number of sulfonamides is 1. The maximum Gasteiger partial charge on any atom is 0.416 e. The van der Waals surface area contributed by atoms with Crippen LogP contribution in [0, 0.1) is 6.92 Å². The number of rotatable bonds is 8. The summed E-state index contributed by atoms with van der Waals surface area (Å²) in [7, 11) is -3.45. The Balaban J connectivity index is 1.43. The Labute approximate surface area is 198 Å². The number of amides is 1. The van der Waals surface area contributed by atoms with Crippen LogP contribution in [0.1, 0.15) is 27.9 Å². The van der Waals surface area contributed by atoms with E-state index in [9.17, 15) is 26.4 Å². The van der Waals surface area contributed by atoms with Crippen LogP contribution in [0.2, 0.25) is 0 Å². The number of halogens is 3. The van der Waals surface area contributed by atoms with Crippen molar-refractivity contribution in [3.05, 3.63) is 59.2 Å². The minimum Gasteiger partial charge on any atom is -0.369 e. The van der Waals surface area contributed by atoms with Gasteiger partial charge in [-0.05, 0) is 55.8 Å². The molecule has 0 aromatic heterocycles. The molecule has 11 heteroatoms. The summed E-state index contributed by atoms with van der Waals surface area (Å²) in [6.07, 6.45) is -2.58. The lowest BCUT2D eigenvalue weighted by molar-refractivity contribution is -0.137. The van der Waals surface area contributed by atoms with Gasteiger partial charge in [-0.3, -0.25) is 14.4 Å². The summed E-state index contributed by atoms with van der Waals surface area (Å²) >= 11 is 0. The molecule has 34 heavy (non-hydrogen) atoms. The van der Waals surface area contributed by atoms with Crippen molar-refractivity contribution in [2.24, 2.45) is 0 Å². The normalized spacial score (nSPS) is 15.3. The van der Waals surface area contributed by atoms with Gasteiger partial charge in [-0.2, -0.15) is 13.2 Å². The van der Waals surface area contributed by atoms with E-state index in [0.29, 0.717) is 42.1 Å². The molecule has 0 aliphatic carbocycles. The fourth-order valence-electron chi connectivity index (χ4n) is 3.79. The molecule has 0 atom stereocenters. The van der Waals surface area contributed by atoms with E-state index in [1.807, 2.05) is 4.90 Å². The van der Waals surface area contributed by atoms with Gasteiger partial charge in [0.25, 0.3) is 5.91 Å². The number of piperazine rings is 1. The first-order valence-corrected chi connectivity index (χ1v) is 12.8. The Morgan fingerprint density at radius 3 is 2.41 bits per heavy atom. The molecule has 0 unspecified atom stereocenters. The van der Waals surface area contributed by atoms with Gasteiger partial charge in [0.2, 0.25) is 10.0 Å². The summed E-state index contributed by atoms with van der Waals surface area (Å²) in [4.78, 5) is 16.6. The Morgan fingerprint density at radius 2 is 1.76 bits per heavy atom. The average molecular weight is 499 g/mol. The highest BCUT2D eigenvalue weighted by Gasteiger charge is 2.31.